The van der Waals surface area contributed by atoms with Crippen molar-refractivity contribution in [1.29, 1.82) is 0 Å². The van der Waals surface area contributed by atoms with Gasteiger partial charge in [-0.05, 0) is 25.7 Å². The lowest BCUT2D eigenvalue weighted by Crippen LogP contribution is -2.53. The molecule has 98 valence electrons. The van der Waals surface area contributed by atoms with E-state index in [-0.39, 0.29) is 11.9 Å². The summed E-state index contributed by atoms with van der Waals surface area (Å²) in [4.78, 5) is 12.3. The second-order valence-electron chi connectivity index (χ2n) is 5.98. The minimum absolute atomic E-state index is 0.0709. The Labute approximate surface area is 103 Å². The monoisotopic (exact) mass is 240 g/mol. The van der Waals surface area contributed by atoms with Crippen molar-refractivity contribution >= 4 is 5.91 Å². The van der Waals surface area contributed by atoms with Gasteiger partial charge in [-0.1, -0.05) is 19.8 Å². The first-order valence-electron chi connectivity index (χ1n) is 6.66. The van der Waals surface area contributed by atoms with Gasteiger partial charge in [-0.15, -0.1) is 0 Å². The van der Waals surface area contributed by atoms with Crippen molar-refractivity contribution in [2.24, 2.45) is 17.1 Å². The van der Waals surface area contributed by atoms with E-state index in [2.05, 4.69) is 12.2 Å². The Hall–Kier alpha value is -0.610. The molecule has 0 bridgehead atoms. The number of nitrogens with one attached hydrogen (secondary N) is 1. The van der Waals surface area contributed by atoms with E-state index in [0.717, 1.165) is 18.8 Å². The summed E-state index contributed by atoms with van der Waals surface area (Å²) in [6, 6.07) is 0.152. The van der Waals surface area contributed by atoms with Gasteiger partial charge in [-0.25, -0.2) is 0 Å². The van der Waals surface area contributed by atoms with Crippen LogP contribution in [0.5, 0.6) is 0 Å². The van der Waals surface area contributed by atoms with Crippen LogP contribution in [0.3, 0.4) is 0 Å². The van der Waals surface area contributed by atoms with Crippen LogP contribution in [0.2, 0.25) is 0 Å². The third kappa shape index (κ3) is 2.63. The van der Waals surface area contributed by atoms with Crippen molar-refractivity contribution in [3.05, 3.63) is 0 Å². The van der Waals surface area contributed by atoms with Gasteiger partial charge < -0.3 is 15.8 Å². The molecule has 0 spiro atoms. The fraction of sp³-hybridized carbons (Fsp3) is 0.923. The second-order valence-corrected chi connectivity index (χ2v) is 5.98. The molecule has 17 heavy (non-hydrogen) atoms. The van der Waals surface area contributed by atoms with Gasteiger partial charge in [0.25, 0.3) is 0 Å². The third-order valence-corrected chi connectivity index (χ3v) is 4.31. The molecule has 1 amide bonds. The van der Waals surface area contributed by atoms with Gasteiger partial charge in [0.05, 0.1) is 18.6 Å². The molecule has 0 aromatic heterocycles. The van der Waals surface area contributed by atoms with Gasteiger partial charge in [0.2, 0.25) is 5.91 Å². The minimum atomic E-state index is -0.541. The summed E-state index contributed by atoms with van der Waals surface area (Å²) in [6.45, 7) is 5.10. The number of hydrogen-bond donors (Lipinski definition) is 2. The highest BCUT2D eigenvalue weighted by Crippen LogP contribution is 2.29. The molecule has 0 aromatic carbocycles. The SMILES string of the molecule is CC1CCCC(NC(=O)C2(C)COCC2N)C1. The Morgan fingerprint density at radius 1 is 1.47 bits per heavy atom. The number of ether oxygens (including phenoxy) is 1. The van der Waals surface area contributed by atoms with E-state index < -0.39 is 5.41 Å². The fourth-order valence-corrected chi connectivity index (χ4v) is 2.84. The lowest BCUT2D eigenvalue weighted by atomic mass is 9.82. The summed E-state index contributed by atoms with van der Waals surface area (Å²) in [7, 11) is 0. The van der Waals surface area contributed by atoms with Gasteiger partial charge in [-0.2, -0.15) is 0 Å². The van der Waals surface area contributed by atoms with Gasteiger partial charge in [0, 0.05) is 12.1 Å². The topological polar surface area (TPSA) is 64.3 Å². The minimum Gasteiger partial charge on any atom is -0.379 e. The Kier molecular flexibility index (Phi) is 3.73. The second kappa shape index (κ2) is 4.94. The predicted octanol–water partition coefficient (Wildman–Crippen LogP) is 1.05. The summed E-state index contributed by atoms with van der Waals surface area (Å²) in [5.74, 6) is 0.789. The molecule has 0 radical (unpaired) electrons. The van der Waals surface area contributed by atoms with Crippen LogP contribution in [0.4, 0.5) is 0 Å². The zero-order valence-corrected chi connectivity index (χ0v) is 10.9. The van der Waals surface area contributed by atoms with Crippen LogP contribution in [-0.4, -0.2) is 31.2 Å². The van der Waals surface area contributed by atoms with Crippen LogP contribution in [0.1, 0.15) is 39.5 Å². The van der Waals surface area contributed by atoms with E-state index in [4.69, 9.17) is 10.5 Å². The highest BCUT2D eigenvalue weighted by Gasteiger charge is 2.44. The number of hydrogen-bond acceptors (Lipinski definition) is 3. The van der Waals surface area contributed by atoms with Gasteiger partial charge in [0.1, 0.15) is 0 Å². The van der Waals surface area contributed by atoms with E-state index in [1.807, 2.05) is 6.92 Å². The average Bonchev–Trinajstić information content (AvgIpc) is 2.60. The molecule has 4 heteroatoms. The maximum atomic E-state index is 12.3. The van der Waals surface area contributed by atoms with Crippen molar-refractivity contribution < 1.29 is 9.53 Å². The quantitative estimate of drug-likeness (QED) is 0.758. The molecule has 1 saturated heterocycles. The largest absolute Gasteiger partial charge is 0.379 e. The molecule has 1 aliphatic heterocycles. The number of carbonyl (C=O) groups is 1. The molecule has 1 saturated carbocycles. The van der Waals surface area contributed by atoms with E-state index in [0.29, 0.717) is 19.3 Å². The number of rotatable bonds is 2. The van der Waals surface area contributed by atoms with Crippen LogP contribution in [-0.2, 0) is 9.53 Å². The third-order valence-electron chi connectivity index (χ3n) is 4.31. The molecule has 3 N–H and O–H groups in total. The lowest BCUT2D eigenvalue weighted by molar-refractivity contribution is -0.131. The number of carbonyl (C=O) groups excluding carboxylic acids is 1. The van der Waals surface area contributed by atoms with E-state index in [1.165, 1.54) is 12.8 Å². The summed E-state index contributed by atoms with van der Waals surface area (Å²) in [5.41, 5.74) is 5.42. The van der Waals surface area contributed by atoms with Crippen molar-refractivity contribution in [3.63, 3.8) is 0 Å². The van der Waals surface area contributed by atoms with Crippen LogP contribution in [0.15, 0.2) is 0 Å². The van der Waals surface area contributed by atoms with Crippen molar-refractivity contribution in [2.75, 3.05) is 13.2 Å². The molecule has 4 unspecified atom stereocenters. The van der Waals surface area contributed by atoms with Crippen molar-refractivity contribution in [2.45, 2.75) is 51.6 Å². The Bertz CT molecular complexity index is 295. The summed E-state index contributed by atoms with van der Waals surface area (Å²) in [6.07, 6.45) is 4.69. The first kappa shape index (κ1) is 12.8. The molecule has 0 aromatic rings. The van der Waals surface area contributed by atoms with Gasteiger partial charge in [-0.3, -0.25) is 4.79 Å². The van der Waals surface area contributed by atoms with Crippen LogP contribution in [0, 0.1) is 11.3 Å². The van der Waals surface area contributed by atoms with E-state index in [1.54, 1.807) is 0 Å². The van der Waals surface area contributed by atoms with Crippen molar-refractivity contribution in [1.82, 2.24) is 5.32 Å². The Morgan fingerprint density at radius 3 is 2.82 bits per heavy atom. The standard InChI is InChI=1S/C13H24N2O2/c1-9-4-3-5-10(6-9)15-12(16)13(2)8-17-7-11(13)14/h9-11H,3-8,14H2,1-2H3,(H,15,16). The zero-order valence-electron chi connectivity index (χ0n) is 10.9. The lowest BCUT2D eigenvalue weighted by Gasteiger charge is -2.32. The van der Waals surface area contributed by atoms with Crippen molar-refractivity contribution in [3.8, 4) is 0 Å². The predicted molar refractivity (Wildman–Crippen MR) is 66.5 cm³/mol. The molecule has 2 aliphatic rings. The Morgan fingerprint density at radius 2 is 2.24 bits per heavy atom. The van der Waals surface area contributed by atoms with Crippen LogP contribution < -0.4 is 11.1 Å². The summed E-state index contributed by atoms with van der Waals surface area (Å²) < 4.78 is 5.32. The van der Waals surface area contributed by atoms with Gasteiger partial charge in [0.15, 0.2) is 0 Å². The molecule has 1 aliphatic carbocycles. The Balaban J connectivity index is 1.92. The molecule has 1 heterocycles. The highest BCUT2D eigenvalue weighted by molar-refractivity contribution is 5.83. The molecule has 4 nitrogen and oxygen atoms in total. The number of nitrogens with two attached hydrogens (primary N) is 1. The molecule has 2 fully saturated rings. The summed E-state index contributed by atoms with van der Waals surface area (Å²) in [5, 5.41) is 3.16. The van der Waals surface area contributed by atoms with E-state index in [9.17, 15) is 4.79 Å². The van der Waals surface area contributed by atoms with Crippen LogP contribution >= 0.6 is 0 Å². The summed E-state index contributed by atoms with van der Waals surface area (Å²) >= 11 is 0. The maximum absolute atomic E-state index is 12.3. The first-order valence-corrected chi connectivity index (χ1v) is 6.66. The zero-order chi connectivity index (χ0) is 12.5. The van der Waals surface area contributed by atoms with Crippen LogP contribution in [0.25, 0.3) is 0 Å². The molecular formula is C13H24N2O2. The van der Waals surface area contributed by atoms with E-state index >= 15 is 0 Å². The maximum Gasteiger partial charge on any atom is 0.230 e. The number of amides is 1. The smallest absolute Gasteiger partial charge is 0.230 e. The first-order chi connectivity index (χ1) is 8.02. The highest BCUT2D eigenvalue weighted by atomic mass is 16.5. The molecular weight excluding hydrogens is 216 g/mol. The molecule has 4 atom stereocenters. The fourth-order valence-electron chi connectivity index (χ4n) is 2.84. The van der Waals surface area contributed by atoms with Gasteiger partial charge >= 0.3 is 0 Å². The molecule has 2 rings (SSSR count). The normalized spacial score (nSPS) is 42.4. The average molecular weight is 240 g/mol.